The number of nitrogens with one attached hydrogen (secondary N) is 1. The molecule has 1 aromatic carbocycles. The zero-order chi connectivity index (χ0) is 17.0. The van der Waals surface area contributed by atoms with Crippen molar-refractivity contribution in [2.45, 2.75) is 30.8 Å². The van der Waals surface area contributed by atoms with Crippen molar-refractivity contribution in [2.24, 2.45) is 0 Å². The topological polar surface area (TPSA) is 56.3 Å². The highest BCUT2D eigenvalue weighted by Gasteiger charge is 2.48. The largest absolute Gasteiger partial charge is 0.392 e. The molecule has 1 aliphatic carbocycles. The van der Waals surface area contributed by atoms with Gasteiger partial charge in [-0.05, 0) is 47.9 Å². The average Bonchev–Trinajstić information content (AvgIpc) is 3.29. The number of fused-ring (bicyclic) bond motifs is 3. The van der Waals surface area contributed by atoms with E-state index in [0.29, 0.717) is 18.8 Å². The Morgan fingerprint density at radius 1 is 1.24 bits per heavy atom. The van der Waals surface area contributed by atoms with Crippen LogP contribution in [0.2, 0.25) is 0 Å². The quantitative estimate of drug-likeness (QED) is 0.706. The molecule has 0 radical (unpaired) electrons. The third-order valence-electron chi connectivity index (χ3n) is 6.02. The van der Waals surface area contributed by atoms with Crippen molar-refractivity contribution in [3.8, 4) is 0 Å². The molecule has 1 spiro atoms. The zero-order valence-electron chi connectivity index (χ0n) is 13.9. The first-order chi connectivity index (χ1) is 12.2. The number of likely N-dealkylation sites (tertiary alicyclic amines) is 1. The molecule has 5 heteroatoms. The molecule has 4 nitrogen and oxygen atoms in total. The SMILES string of the molecule is O=C(c1cc2sccc2[nH]1)N1CCC2(CC1)c1ccccc1CC2O. The summed E-state index contributed by atoms with van der Waals surface area (Å²) in [5.41, 5.74) is 4.07. The van der Waals surface area contributed by atoms with E-state index in [-0.39, 0.29) is 17.4 Å². The van der Waals surface area contributed by atoms with Crippen molar-refractivity contribution in [3.05, 3.63) is 58.6 Å². The third-order valence-corrected chi connectivity index (χ3v) is 6.88. The fourth-order valence-corrected chi connectivity index (χ4v) is 5.40. The van der Waals surface area contributed by atoms with Crippen LogP contribution in [0, 0.1) is 0 Å². The van der Waals surface area contributed by atoms with Crippen LogP contribution in [0.5, 0.6) is 0 Å². The zero-order valence-corrected chi connectivity index (χ0v) is 14.7. The molecule has 0 bridgehead atoms. The van der Waals surface area contributed by atoms with Crippen LogP contribution in [0.15, 0.2) is 41.8 Å². The lowest BCUT2D eigenvalue weighted by Crippen LogP contribution is -2.49. The van der Waals surface area contributed by atoms with Gasteiger partial charge >= 0.3 is 0 Å². The van der Waals surface area contributed by atoms with Gasteiger partial charge < -0.3 is 15.0 Å². The summed E-state index contributed by atoms with van der Waals surface area (Å²) in [6.07, 6.45) is 2.05. The minimum Gasteiger partial charge on any atom is -0.392 e. The summed E-state index contributed by atoms with van der Waals surface area (Å²) < 4.78 is 1.12. The second kappa shape index (κ2) is 5.44. The van der Waals surface area contributed by atoms with Crippen molar-refractivity contribution in [3.63, 3.8) is 0 Å². The number of piperidine rings is 1. The third kappa shape index (κ3) is 2.19. The number of amides is 1. The number of aromatic nitrogens is 1. The van der Waals surface area contributed by atoms with Gasteiger partial charge in [0.1, 0.15) is 5.69 Å². The van der Waals surface area contributed by atoms with E-state index in [1.54, 1.807) is 11.3 Å². The summed E-state index contributed by atoms with van der Waals surface area (Å²) in [5.74, 6) is 0.0685. The molecular weight excluding hydrogens is 332 g/mol. The van der Waals surface area contributed by atoms with Gasteiger partial charge in [-0.15, -0.1) is 11.3 Å². The fraction of sp³-hybridized carbons (Fsp3) is 0.350. The molecule has 1 amide bonds. The number of aromatic amines is 1. The number of nitrogens with zero attached hydrogens (tertiary/aromatic N) is 1. The van der Waals surface area contributed by atoms with Gasteiger partial charge in [-0.25, -0.2) is 0 Å². The number of thiophene rings is 1. The molecule has 2 aromatic heterocycles. The molecular formula is C20H20N2O2S. The van der Waals surface area contributed by atoms with Crippen molar-refractivity contribution in [1.29, 1.82) is 0 Å². The van der Waals surface area contributed by atoms with Crippen molar-refractivity contribution < 1.29 is 9.90 Å². The van der Waals surface area contributed by atoms with Gasteiger partial charge in [0, 0.05) is 18.5 Å². The predicted molar refractivity (Wildman–Crippen MR) is 99.1 cm³/mol. The van der Waals surface area contributed by atoms with E-state index in [9.17, 15) is 9.90 Å². The molecule has 1 unspecified atom stereocenters. The summed E-state index contributed by atoms with van der Waals surface area (Å²) >= 11 is 1.64. The smallest absolute Gasteiger partial charge is 0.270 e. The number of rotatable bonds is 1. The normalized spacial score (nSPS) is 21.8. The number of aliphatic hydroxyl groups is 1. The number of carbonyl (C=O) groups excluding carboxylic acids is 1. The first-order valence-electron chi connectivity index (χ1n) is 8.79. The highest BCUT2D eigenvalue weighted by atomic mass is 32.1. The molecule has 5 rings (SSSR count). The van der Waals surface area contributed by atoms with E-state index in [2.05, 4.69) is 23.2 Å². The van der Waals surface area contributed by atoms with Crippen LogP contribution in [0.1, 0.15) is 34.5 Å². The van der Waals surface area contributed by atoms with Gasteiger partial charge in [0.05, 0.1) is 16.3 Å². The Morgan fingerprint density at radius 2 is 2.04 bits per heavy atom. The van der Waals surface area contributed by atoms with Gasteiger partial charge in [0.2, 0.25) is 0 Å². The first-order valence-corrected chi connectivity index (χ1v) is 9.67. The minimum absolute atomic E-state index is 0.0685. The lowest BCUT2D eigenvalue weighted by Gasteiger charge is -2.42. The maximum Gasteiger partial charge on any atom is 0.270 e. The molecule has 1 fully saturated rings. The number of hydrogen-bond donors (Lipinski definition) is 2. The van der Waals surface area contributed by atoms with Gasteiger partial charge in [-0.2, -0.15) is 0 Å². The Hall–Kier alpha value is -2.11. The maximum absolute atomic E-state index is 12.8. The molecule has 128 valence electrons. The molecule has 3 aromatic rings. The number of H-pyrrole nitrogens is 1. The minimum atomic E-state index is -0.335. The van der Waals surface area contributed by atoms with Crippen molar-refractivity contribution >= 4 is 27.5 Å². The van der Waals surface area contributed by atoms with Crippen LogP contribution in [0.25, 0.3) is 10.2 Å². The Bertz CT molecular complexity index is 921. The number of benzene rings is 1. The van der Waals surface area contributed by atoms with Crippen LogP contribution in [-0.4, -0.2) is 40.1 Å². The molecule has 2 N–H and O–H groups in total. The molecule has 1 saturated heterocycles. The van der Waals surface area contributed by atoms with Gasteiger partial charge in [-0.3, -0.25) is 4.79 Å². The lowest BCUT2D eigenvalue weighted by molar-refractivity contribution is 0.0363. The van der Waals surface area contributed by atoms with Crippen molar-refractivity contribution in [1.82, 2.24) is 9.88 Å². The average molecular weight is 352 g/mol. The summed E-state index contributed by atoms with van der Waals surface area (Å²) in [7, 11) is 0. The molecule has 2 aliphatic rings. The molecule has 1 atom stereocenters. The molecule has 3 heterocycles. The summed E-state index contributed by atoms with van der Waals surface area (Å²) in [6, 6.07) is 12.3. The van der Waals surface area contributed by atoms with E-state index in [1.807, 2.05) is 28.5 Å². The Labute approximate surface area is 150 Å². The van der Waals surface area contributed by atoms with Crippen LogP contribution < -0.4 is 0 Å². The van der Waals surface area contributed by atoms with Crippen LogP contribution in [-0.2, 0) is 11.8 Å². The molecule has 0 saturated carbocycles. The van der Waals surface area contributed by atoms with Gasteiger partial charge in [0.15, 0.2) is 0 Å². The van der Waals surface area contributed by atoms with Gasteiger partial charge in [-0.1, -0.05) is 24.3 Å². The second-order valence-corrected chi connectivity index (χ2v) is 8.15. The van der Waals surface area contributed by atoms with E-state index in [0.717, 1.165) is 29.5 Å². The highest BCUT2D eigenvalue weighted by Crippen LogP contribution is 2.46. The van der Waals surface area contributed by atoms with Crippen LogP contribution in [0.3, 0.4) is 0 Å². The lowest BCUT2D eigenvalue weighted by atomic mass is 9.72. The standard InChI is InChI=1S/C20H20N2O2S/c23-18-11-13-3-1-2-4-14(13)20(18)6-8-22(9-7-20)19(24)16-12-17-15(21-16)5-10-25-17/h1-5,10,12,18,21,23H,6-9,11H2. The first kappa shape index (κ1) is 15.2. The van der Waals surface area contributed by atoms with E-state index in [4.69, 9.17) is 0 Å². The predicted octanol–water partition coefficient (Wildman–Crippen LogP) is 3.32. The monoisotopic (exact) mass is 352 g/mol. The summed E-state index contributed by atoms with van der Waals surface area (Å²) in [4.78, 5) is 18.0. The number of hydrogen-bond acceptors (Lipinski definition) is 3. The second-order valence-electron chi connectivity index (χ2n) is 7.21. The van der Waals surface area contributed by atoms with E-state index in [1.165, 1.54) is 11.1 Å². The van der Waals surface area contributed by atoms with Crippen molar-refractivity contribution in [2.75, 3.05) is 13.1 Å². The number of carbonyl (C=O) groups is 1. The number of aliphatic hydroxyl groups excluding tert-OH is 1. The Kier molecular flexibility index (Phi) is 3.30. The Morgan fingerprint density at radius 3 is 2.84 bits per heavy atom. The molecule has 25 heavy (non-hydrogen) atoms. The Balaban J connectivity index is 1.38. The maximum atomic E-state index is 12.8. The molecule has 1 aliphatic heterocycles. The fourth-order valence-electron chi connectivity index (χ4n) is 4.61. The summed E-state index contributed by atoms with van der Waals surface area (Å²) in [6.45, 7) is 1.38. The highest BCUT2D eigenvalue weighted by molar-refractivity contribution is 7.17. The van der Waals surface area contributed by atoms with E-state index < -0.39 is 0 Å². The van der Waals surface area contributed by atoms with Crippen LogP contribution >= 0.6 is 11.3 Å². The van der Waals surface area contributed by atoms with Crippen LogP contribution in [0.4, 0.5) is 0 Å². The van der Waals surface area contributed by atoms with Gasteiger partial charge in [0.25, 0.3) is 5.91 Å². The summed E-state index contributed by atoms with van der Waals surface area (Å²) in [5, 5.41) is 12.8. The van der Waals surface area contributed by atoms with E-state index >= 15 is 0 Å².